The largest absolute Gasteiger partial charge is 0.328 e. The predicted octanol–water partition coefficient (Wildman–Crippen LogP) is 3.16. The summed E-state index contributed by atoms with van der Waals surface area (Å²) in [4.78, 5) is 17.3. The normalized spacial score (nSPS) is 23.3. The summed E-state index contributed by atoms with van der Waals surface area (Å²) in [6, 6.07) is 8.12. The molecule has 0 radical (unpaired) electrons. The van der Waals surface area contributed by atoms with Gasteiger partial charge in [0.25, 0.3) is 0 Å². The van der Waals surface area contributed by atoms with Crippen molar-refractivity contribution in [1.82, 2.24) is 14.8 Å². The number of anilines is 1. The Morgan fingerprint density at radius 2 is 2.09 bits per heavy atom. The van der Waals surface area contributed by atoms with Crippen molar-refractivity contribution in [2.24, 2.45) is 5.92 Å². The van der Waals surface area contributed by atoms with E-state index in [1.807, 2.05) is 17.7 Å². The fourth-order valence-corrected chi connectivity index (χ4v) is 3.66. The number of rotatable bonds is 1. The average molecular weight is 308 g/mol. The zero-order valence-electron chi connectivity index (χ0n) is 13.6. The molecule has 5 nitrogen and oxygen atoms in total. The van der Waals surface area contributed by atoms with E-state index in [0.29, 0.717) is 18.2 Å². The van der Waals surface area contributed by atoms with E-state index >= 15 is 0 Å². The Morgan fingerprint density at radius 1 is 1.26 bits per heavy atom. The van der Waals surface area contributed by atoms with E-state index in [2.05, 4.69) is 47.4 Å². The average Bonchev–Trinajstić information content (AvgIpc) is 2.84. The Hall–Kier alpha value is -2.43. The molecular formula is C18H20N4O. The first-order valence-corrected chi connectivity index (χ1v) is 8.06. The van der Waals surface area contributed by atoms with E-state index in [1.165, 1.54) is 5.56 Å². The molecule has 5 heteroatoms. The molecular weight excluding hydrogens is 288 g/mol. The zero-order valence-corrected chi connectivity index (χ0v) is 13.6. The van der Waals surface area contributed by atoms with Crippen molar-refractivity contribution in [1.29, 1.82) is 0 Å². The van der Waals surface area contributed by atoms with Crippen LogP contribution in [0.1, 0.15) is 42.8 Å². The van der Waals surface area contributed by atoms with Gasteiger partial charge >= 0.3 is 0 Å². The molecule has 2 aromatic rings. The molecule has 1 aliphatic carbocycles. The van der Waals surface area contributed by atoms with E-state index < -0.39 is 0 Å². The number of Topliss-reactive ketones (excluding diaryl/α,β-unsaturated/α-hetero) is 1. The van der Waals surface area contributed by atoms with Crippen LogP contribution in [0.5, 0.6) is 0 Å². The lowest BCUT2D eigenvalue weighted by Gasteiger charge is -2.34. The molecule has 0 spiro atoms. The zero-order chi connectivity index (χ0) is 16.1. The van der Waals surface area contributed by atoms with Crippen molar-refractivity contribution in [2.45, 2.75) is 39.7 Å². The van der Waals surface area contributed by atoms with Crippen LogP contribution in [-0.4, -0.2) is 20.5 Å². The van der Waals surface area contributed by atoms with Crippen molar-refractivity contribution in [3.05, 3.63) is 52.5 Å². The molecule has 1 aliphatic heterocycles. The van der Waals surface area contributed by atoms with Crippen LogP contribution in [0.4, 0.5) is 5.95 Å². The second-order valence-corrected chi connectivity index (χ2v) is 6.70. The highest BCUT2D eigenvalue weighted by atomic mass is 16.1. The van der Waals surface area contributed by atoms with Gasteiger partial charge in [-0.2, -0.15) is 10.1 Å². The van der Waals surface area contributed by atoms with Gasteiger partial charge in [-0.1, -0.05) is 36.8 Å². The van der Waals surface area contributed by atoms with Crippen molar-refractivity contribution < 1.29 is 4.79 Å². The first kappa shape index (κ1) is 14.2. The lowest BCUT2D eigenvalue weighted by atomic mass is 9.81. The first-order chi connectivity index (χ1) is 11.0. The van der Waals surface area contributed by atoms with Crippen molar-refractivity contribution in [2.75, 3.05) is 5.32 Å². The number of benzene rings is 1. The molecule has 2 heterocycles. The summed E-state index contributed by atoms with van der Waals surface area (Å²) >= 11 is 0. The minimum Gasteiger partial charge on any atom is -0.328 e. The van der Waals surface area contributed by atoms with Crippen LogP contribution in [-0.2, 0) is 4.79 Å². The number of nitrogens with zero attached hydrogens (tertiary/aromatic N) is 3. The molecule has 0 bridgehead atoms. The molecule has 23 heavy (non-hydrogen) atoms. The monoisotopic (exact) mass is 308 g/mol. The van der Waals surface area contributed by atoms with Crippen LogP contribution in [0, 0.1) is 19.8 Å². The minimum atomic E-state index is -0.178. The van der Waals surface area contributed by atoms with E-state index in [1.54, 1.807) is 0 Å². The molecule has 2 aliphatic rings. The highest BCUT2D eigenvalue weighted by Crippen LogP contribution is 2.41. The summed E-state index contributed by atoms with van der Waals surface area (Å²) in [5.74, 6) is 2.03. The fraction of sp³-hybridized carbons (Fsp3) is 0.389. The lowest BCUT2D eigenvalue weighted by Crippen LogP contribution is -2.33. The second kappa shape index (κ2) is 5.05. The Balaban J connectivity index is 1.93. The van der Waals surface area contributed by atoms with E-state index in [0.717, 1.165) is 29.2 Å². The molecule has 0 saturated heterocycles. The van der Waals surface area contributed by atoms with Crippen LogP contribution in [0.15, 0.2) is 35.5 Å². The van der Waals surface area contributed by atoms with Gasteiger partial charge < -0.3 is 5.32 Å². The smallest absolute Gasteiger partial charge is 0.226 e. The maximum absolute atomic E-state index is 12.8. The number of nitrogens with one attached hydrogen (secondary N) is 1. The second-order valence-electron chi connectivity index (χ2n) is 6.70. The number of allylic oxidation sites excluding steroid dienone is 2. The predicted molar refractivity (Wildman–Crippen MR) is 88.1 cm³/mol. The molecule has 2 unspecified atom stereocenters. The van der Waals surface area contributed by atoms with Gasteiger partial charge in [0.1, 0.15) is 11.9 Å². The SMILES string of the molecule is Cc1cccc(C2C3=C(CC(C)CC3=O)Nc3nc(C)nn32)c1. The molecule has 1 aromatic heterocycles. The maximum atomic E-state index is 12.8. The van der Waals surface area contributed by atoms with Crippen LogP contribution < -0.4 is 5.32 Å². The van der Waals surface area contributed by atoms with Gasteiger partial charge in [0, 0.05) is 17.7 Å². The number of carbonyl (C=O) groups is 1. The third-order valence-corrected chi connectivity index (χ3v) is 4.59. The highest BCUT2D eigenvalue weighted by molar-refractivity contribution is 5.99. The number of fused-ring (bicyclic) bond motifs is 1. The van der Waals surface area contributed by atoms with Gasteiger partial charge in [0.15, 0.2) is 5.78 Å². The topological polar surface area (TPSA) is 59.8 Å². The third-order valence-electron chi connectivity index (χ3n) is 4.59. The molecule has 4 rings (SSSR count). The first-order valence-electron chi connectivity index (χ1n) is 8.06. The van der Waals surface area contributed by atoms with Gasteiger partial charge in [-0.15, -0.1) is 0 Å². The van der Waals surface area contributed by atoms with E-state index in [-0.39, 0.29) is 11.8 Å². The summed E-state index contributed by atoms with van der Waals surface area (Å²) in [7, 11) is 0. The third kappa shape index (κ3) is 2.27. The molecule has 1 aromatic carbocycles. The Labute approximate surface area is 135 Å². The standard InChI is InChI=1S/C18H20N4O/c1-10-5-4-6-13(7-10)17-16-14(8-11(2)9-15(16)23)20-18-19-12(3)21-22(17)18/h4-7,11,17H,8-9H2,1-3H3,(H,19,20,21). The molecule has 0 amide bonds. The lowest BCUT2D eigenvalue weighted by molar-refractivity contribution is -0.117. The number of ketones is 1. The number of aromatic nitrogens is 3. The van der Waals surface area contributed by atoms with Gasteiger partial charge in [0.2, 0.25) is 5.95 Å². The Bertz CT molecular complexity index is 833. The molecule has 0 saturated carbocycles. The summed E-state index contributed by atoms with van der Waals surface area (Å²) in [5, 5.41) is 7.88. The van der Waals surface area contributed by atoms with Crippen LogP contribution >= 0.6 is 0 Å². The van der Waals surface area contributed by atoms with Gasteiger partial charge in [-0.05, 0) is 31.7 Å². The summed E-state index contributed by atoms with van der Waals surface area (Å²) in [6.07, 6.45) is 1.49. The highest BCUT2D eigenvalue weighted by Gasteiger charge is 2.38. The van der Waals surface area contributed by atoms with Gasteiger partial charge in [0.05, 0.1) is 0 Å². The number of carbonyl (C=O) groups excluding carboxylic acids is 1. The van der Waals surface area contributed by atoms with Gasteiger partial charge in [-0.25, -0.2) is 4.68 Å². The van der Waals surface area contributed by atoms with Gasteiger partial charge in [-0.3, -0.25) is 4.79 Å². The van der Waals surface area contributed by atoms with Crippen LogP contribution in [0.25, 0.3) is 0 Å². The fourth-order valence-electron chi connectivity index (χ4n) is 3.66. The minimum absolute atomic E-state index is 0.178. The van der Waals surface area contributed by atoms with Crippen molar-refractivity contribution in [3.8, 4) is 0 Å². The molecule has 2 atom stereocenters. The van der Waals surface area contributed by atoms with Crippen molar-refractivity contribution in [3.63, 3.8) is 0 Å². The molecule has 1 N–H and O–H groups in total. The summed E-state index contributed by atoms with van der Waals surface area (Å²) in [6.45, 7) is 6.07. The van der Waals surface area contributed by atoms with Crippen LogP contribution in [0.2, 0.25) is 0 Å². The quantitative estimate of drug-likeness (QED) is 0.879. The summed E-state index contributed by atoms with van der Waals surface area (Å²) < 4.78 is 1.86. The number of hydrogen-bond acceptors (Lipinski definition) is 4. The van der Waals surface area contributed by atoms with E-state index in [9.17, 15) is 4.79 Å². The summed E-state index contributed by atoms with van der Waals surface area (Å²) in [5.41, 5.74) is 4.14. The van der Waals surface area contributed by atoms with Crippen LogP contribution in [0.3, 0.4) is 0 Å². The van der Waals surface area contributed by atoms with Crippen molar-refractivity contribution >= 4 is 11.7 Å². The number of aryl methyl sites for hydroxylation is 2. The molecule has 0 fully saturated rings. The maximum Gasteiger partial charge on any atom is 0.226 e. The Kier molecular flexibility index (Phi) is 3.11. The number of hydrogen-bond donors (Lipinski definition) is 1. The Morgan fingerprint density at radius 3 is 2.87 bits per heavy atom. The van der Waals surface area contributed by atoms with E-state index in [4.69, 9.17) is 0 Å². The molecule has 118 valence electrons.